The number of carbonyl (C=O) groups excluding carboxylic acids is 1. The number of rotatable bonds is 6. The van der Waals surface area contributed by atoms with E-state index in [0.29, 0.717) is 11.4 Å². The lowest BCUT2D eigenvalue weighted by atomic mass is 10.3. The van der Waals surface area contributed by atoms with Crippen molar-refractivity contribution in [1.82, 2.24) is 5.32 Å². The van der Waals surface area contributed by atoms with Gasteiger partial charge >= 0.3 is 12.0 Å². The Kier molecular flexibility index (Phi) is 6.26. The standard InChI is InChI=1S/C12H15BrN2O5/c1-19-9-5-7(3-4-8(9)13)15-12(18)14-6-10(20-2)11(16)17/h3-5,10H,6H2,1-2H3,(H,16,17)(H2,14,15,18). The minimum Gasteiger partial charge on any atom is -0.495 e. The highest BCUT2D eigenvalue weighted by Gasteiger charge is 2.17. The quantitative estimate of drug-likeness (QED) is 0.728. The predicted octanol–water partition coefficient (Wildman–Crippen LogP) is 1.68. The normalized spacial score (nSPS) is 11.6. The molecule has 110 valence electrons. The zero-order valence-electron chi connectivity index (χ0n) is 11.0. The number of carbonyl (C=O) groups is 2. The molecule has 0 aliphatic heterocycles. The van der Waals surface area contributed by atoms with Crippen molar-refractivity contribution in [3.63, 3.8) is 0 Å². The third kappa shape index (κ3) is 4.71. The van der Waals surface area contributed by atoms with Crippen LogP contribution in [0.5, 0.6) is 5.75 Å². The van der Waals surface area contributed by atoms with Gasteiger partial charge in [0.05, 0.1) is 18.1 Å². The van der Waals surface area contributed by atoms with Gasteiger partial charge in [-0.1, -0.05) is 0 Å². The smallest absolute Gasteiger partial charge is 0.334 e. The maximum Gasteiger partial charge on any atom is 0.334 e. The molecule has 8 heteroatoms. The first-order chi connectivity index (χ1) is 9.47. The third-order valence-corrected chi connectivity index (χ3v) is 3.07. The Balaban J connectivity index is 2.56. The Bertz CT molecular complexity index is 495. The molecule has 0 saturated carbocycles. The van der Waals surface area contributed by atoms with Gasteiger partial charge in [-0.3, -0.25) is 0 Å². The lowest BCUT2D eigenvalue weighted by Gasteiger charge is -2.13. The van der Waals surface area contributed by atoms with Crippen LogP contribution in [0.3, 0.4) is 0 Å². The van der Waals surface area contributed by atoms with E-state index in [1.165, 1.54) is 14.2 Å². The highest BCUT2D eigenvalue weighted by Crippen LogP contribution is 2.27. The molecular formula is C12H15BrN2O5. The van der Waals surface area contributed by atoms with Gasteiger partial charge in [0.1, 0.15) is 5.75 Å². The summed E-state index contributed by atoms with van der Waals surface area (Å²) in [5.41, 5.74) is 0.520. The zero-order valence-corrected chi connectivity index (χ0v) is 12.6. The second kappa shape index (κ2) is 7.71. The second-order valence-electron chi connectivity index (χ2n) is 3.75. The molecule has 1 aromatic carbocycles. The summed E-state index contributed by atoms with van der Waals surface area (Å²) in [5.74, 6) is -0.568. The molecule has 0 aromatic heterocycles. The van der Waals surface area contributed by atoms with E-state index in [4.69, 9.17) is 14.6 Å². The topological polar surface area (TPSA) is 96.9 Å². The van der Waals surface area contributed by atoms with Crippen LogP contribution < -0.4 is 15.4 Å². The minimum atomic E-state index is -1.14. The molecule has 0 bridgehead atoms. The van der Waals surface area contributed by atoms with E-state index in [1.807, 2.05) is 0 Å². The molecule has 0 aliphatic rings. The van der Waals surface area contributed by atoms with Crippen LogP contribution in [0.1, 0.15) is 0 Å². The molecule has 0 aliphatic carbocycles. The first kappa shape index (κ1) is 16.3. The molecule has 1 aromatic rings. The maximum atomic E-state index is 11.6. The summed E-state index contributed by atoms with van der Waals surface area (Å²) in [4.78, 5) is 22.3. The van der Waals surface area contributed by atoms with Crippen molar-refractivity contribution >= 4 is 33.6 Å². The number of amides is 2. The van der Waals surface area contributed by atoms with Crippen LogP contribution in [0, 0.1) is 0 Å². The number of ether oxygens (including phenoxy) is 2. The molecule has 0 heterocycles. The fourth-order valence-corrected chi connectivity index (χ4v) is 1.78. The van der Waals surface area contributed by atoms with E-state index in [2.05, 4.69) is 26.6 Å². The Morgan fingerprint density at radius 1 is 1.40 bits per heavy atom. The van der Waals surface area contributed by atoms with Crippen molar-refractivity contribution in [2.45, 2.75) is 6.10 Å². The van der Waals surface area contributed by atoms with E-state index >= 15 is 0 Å². The maximum absolute atomic E-state index is 11.6. The minimum absolute atomic E-state index is 0.134. The summed E-state index contributed by atoms with van der Waals surface area (Å²) in [5, 5.41) is 13.7. The molecule has 7 nitrogen and oxygen atoms in total. The Labute approximate surface area is 124 Å². The van der Waals surface area contributed by atoms with Crippen LogP contribution in [0.25, 0.3) is 0 Å². The molecule has 3 N–H and O–H groups in total. The lowest BCUT2D eigenvalue weighted by molar-refractivity contribution is -0.147. The number of hydrogen-bond acceptors (Lipinski definition) is 4. The highest BCUT2D eigenvalue weighted by molar-refractivity contribution is 9.10. The van der Waals surface area contributed by atoms with E-state index < -0.39 is 18.1 Å². The summed E-state index contributed by atoms with van der Waals surface area (Å²) >= 11 is 3.30. The van der Waals surface area contributed by atoms with Crippen LogP contribution >= 0.6 is 15.9 Å². The number of carboxylic acid groups (broad SMARTS) is 1. The molecule has 1 rings (SSSR count). The van der Waals surface area contributed by atoms with Crippen LogP contribution in [-0.2, 0) is 9.53 Å². The molecular weight excluding hydrogens is 332 g/mol. The molecule has 1 unspecified atom stereocenters. The summed E-state index contributed by atoms with van der Waals surface area (Å²) in [6, 6.07) is 4.51. The van der Waals surface area contributed by atoms with Gasteiger partial charge in [0.25, 0.3) is 0 Å². The van der Waals surface area contributed by atoms with Gasteiger partial charge < -0.3 is 25.2 Å². The van der Waals surface area contributed by atoms with E-state index in [-0.39, 0.29) is 6.54 Å². The average molecular weight is 347 g/mol. The number of urea groups is 1. The molecule has 0 fully saturated rings. The van der Waals surface area contributed by atoms with E-state index in [1.54, 1.807) is 18.2 Å². The van der Waals surface area contributed by atoms with Gasteiger partial charge in [-0.2, -0.15) is 0 Å². The van der Waals surface area contributed by atoms with E-state index in [0.717, 1.165) is 4.47 Å². The van der Waals surface area contributed by atoms with Crippen LogP contribution in [0.15, 0.2) is 22.7 Å². The number of anilines is 1. The van der Waals surface area contributed by atoms with Gasteiger partial charge in [-0.25, -0.2) is 9.59 Å². The van der Waals surface area contributed by atoms with Gasteiger partial charge in [0.15, 0.2) is 6.10 Å². The summed E-state index contributed by atoms with van der Waals surface area (Å²) in [7, 11) is 2.78. The van der Waals surface area contributed by atoms with Gasteiger partial charge in [0, 0.05) is 18.9 Å². The van der Waals surface area contributed by atoms with Crippen LogP contribution in [0.4, 0.5) is 10.5 Å². The first-order valence-electron chi connectivity index (χ1n) is 5.62. The van der Waals surface area contributed by atoms with Crippen molar-refractivity contribution in [1.29, 1.82) is 0 Å². The predicted molar refractivity (Wildman–Crippen MR) is 76.1 cm³/mol. The van der Waals surface area contributed by atoms with Crippen molar-refractivity contribution in [3.05, 3.63) is 22.7 Å². The number of carboxylic acids is 1. The first-order valence-corrected chi connectivity index (χ1v) is 6.41. The zero-order chi connectivity index (χ0) is 15.1. The van der Waals surface area contributed by atoms with Crippen molar-refractivity contribution in [2.24, 2.45) is 0 Å². The summed E-state index contributed by atoms with van der Waals surface area (Å²) in [6.07, 6.45) is -1.08. The number of aliphatic carboxylic acids is 1. The largest absolute Gasteiger partial charge is 0.495 e. The number of methoxy groups -OCH3 is 2. The summed E-state index contributed by atoms with van der Waals surface area (Å²) in [6.45, 7) is -0.134. The number of halogens is 1. The second-order valence-corrected chi connectivity index (χ2v) is 4.60. The molecule has 0 saturated heterocycles. The molecule has 0 radical (unpaired) electrons. The SMILES string of the molecule is COc1cc(NC(=O)NCC(OC)C(=O)O)ccc1Br. The average Bonchev–Trinajstić information content (AvgIpc) is 2.41. The van der Waals surface area contributed by atoms with Gasteiger partial charge in [-0.15, -0.1) is 0 Å². The molecule has 20 heavy (non-hydrogen) atoms. The Morgan fingerprint density at radius 3 is 2.65 bits per heavy atom. The number of benzene rings is 1. The van der Waals surface area contributed by atoms with Crippen LogP contribution in [-0.4, -0.2) is 44.0 Å². The number of nitrogens with one attached hydrogen (secondary N) is 2. The van der Waals surface area contributed by atoms with E-state index in [9.17, 15) is 9.59 Å². The van der Waals surface area contributed by atoms with Gasteiger partial charge in [-0.05, 0) is 28.1 Å². The molecule has 1 atom stereocenters. The summed E-state index contributed by atoms with van der Waals surface area (Å²) < 4.78 is 10.6. The van der Waals surface area contributed by atoms with Crippen LogP contribution in [0.2, 0.25) is 0 Å². The molecule has 2 amide bonds. The van der Waals surface area contributed by atoms with Gasteiger partial charge in [0.2, 0.25) is 0 Å². The third-order valence-electron chi connectivity index (χ3n) is 2.42. The van der Waals surface area contributed by atoms with Crippen molar-refractivity contribution < 1.29 is 24.2 Å². The van der Waals surface area contributed by atoms with Crippen molar-refractivity contribution in [2.75, 3.05) is 26.1 Å². The fourth-order valence-electron chi connectivity index (χ4n) is 1.37. The Morgan fingerprint density at radius 2 is 2.10 bits per heavy atom. The monoisotopic (exact) mass is 346 g/mol. The molecule has 0 spiro atoms. The Hall–Kier alpha value is -1.80. The lowest BCUT2D eigenvalue weighted by Crippen LogP contribution is -2.39. The fraction of sp³-hybridized carbons (Fsp3) is 0.333. The highest BCUT2D eigenvalue weighted by atomic mass is 79.9. The van der Waals surface area contributed by atoms with Crippen molar-refractivity contribution in [3.8, 4) is 5.75 Å². The number of hydrogen-bond donors (Lipinski definition) is 3.